The molecule has 0 amide bonds. The van der Waals surface area contributed by atoms with E-state index in [2.05, 4.69) is 6.58 Å². The zero-order chi connectivity index (χ0) is 14.9. The Kier molecular flexibility index (Phi) is 4.26. The minimum atomic E-state index is -0.102. The molecule has 0 aliphatic rings. The Morgan fingerprint density at radius 2 is 1.85 bits per heavy atom. The second-order valence-corrected chi connectivity index (χ2v) is 5.38. The SMILES string of the molecule is C=Cn1c(=O)cc(CN(C)c2cc(Cl)cc(Cl)c2)n1C. The molecule has 0 bridgehead atoms. The molecular weight excluding hydrogens is 297 g/mol. The summed E-state index contributed by atoms with van der Waals surface area (Å²) in [6.45, 7) is 4.18. The van der Waals surface area contributed by atoms with Gasteiger partial charge in [-0.2, -0.15) is 0 Å². The summed E-state index contributed by atoms with van der Waals surface area (Å²) in [5.41, 5.74) is 1.66. The molecule has 0 fully saturated rings. The smallest absolute Gasteiger partial charge is 0.271 e. The number of hydrogen-bond acceptors (Lipinski definition) is 2. The zero-order valence-corrected chi connectivity index (χ0v) is 12.8. The number of nitrogens with zero attached hydrogens (tertiary/aromatic N) is 3. The van der Waals surface area contributed by atoms with E-state index in [4.69, 9.17) is 23.2 Å². The molecule has 0 radical (unpaired) electrons. The van der Waals surface area contributed by atoms with Gasteiger partial charge in [0.2, 0.25) is 0 Å². The van der Waals surface area contributed by atoms with Crippen molar-refractivity contribution in [3.63, 3.8) is 0 Å². The Hall–Kier alpha value is -1.65. The maximum Gasteiger partial charge on any atom is 0.271 e. The predicted octanol–water partition coefficient (Wildman–Crippen LogP) is 3.23. The molecule has 1 aromatic heterocycles. The van der Waals surface area contributed by atoms with Crippen LogP contribution in [0.5, 0.6) is 0 Å². The fourth-order valence-electron chi connectivity index (χ4n) is 2.04. The van der Waals surface area contributed by atoms with Gasteiger partial charge in [0.25, 0.3) is 5.56 Å². The van der Waals surface area contributed by atoms with Gasteiger partial charge in [0.15, 0.2) is 0 Å². The monoisotopic (exact) mass is 311 g/mol. The van der Waals surface area contributed by atoms with Crippen LogP contribution in [0.2, 0.25) is 10.0 Å². The molecule has 0 N–H and O–H groups in total. The second kappa shape index (κ2) is 5.77. The molecule has 20 heavy (non-hydrogen) atoms. The molecule has 2 rings (SSSR count). The van der Waals surface area contributed by atoms with E-state index in [1.807, 2.05) is 31.1 Å². The van der Waals surface area contributed by atoms with Gasteiger partial charge in [0, 0.05) is 42.1 Å². The Morgan fingerprint density at radius 3 is 2.35 bits per heavy atom. The van der Waals surface area contributed by atoms with E-state index < -0.39 is 0 Å². The zero-order valence-electron chi connectivity index (χ0n) is 11.3. The molecule has 106 valence electrons. The summed E-state index contributed by atoms with van der Waals surface area (Å²) < 4.78 is 3.21. The van der Waals surface area contributed by atoms with E-state index in [1.54, 1.807) is 16.8 Å². The summed E-state index contributed by atoms with van der Waals surface area (Å²) in [7, 11) is 3.73. The third-order valence-corrected chi connectivity index (χ3v) is 3.55. The minimum Gasteiger partial charge on any atom is -0.369 e. The molecule has 0 aliphatic carbocycles. The fourth-order valence-corrected chi connectivity index (χ4v) is 2.56. The van der Waals surface area contributed by atoms with Crippen molar-refractivity contribution in [3.05, 3.63) is 56.9 Å². The normalized spacial score (nSPS) is 10.6. The first kappa shape index (κ1) is 14.8. The largest absolute Gasteiger partial charge is 0.369 e. The summed E-state index contributed by atoms with van der Waals surface area (Å²) in [6.07, 6.45) is 1.49. The summed E-state index contributed by atoms with van der Waals surface area (Å²) in [5, 5.41) is 1.16. The van der Waals surface area contributed by atoms with Crippen molar-refractivity contribution in [1.82, 2.24) is 9.36 Å². The highest BCUT2D eigenvalue weighted by atomic mass is 35.5. The van der Waals surface area contributed by atoms with Crippen LogP contribution in [0.15, 0.2) is 35.6 Å². The highest BCUT2D eigenvalue weighted by Crippen LogP contribution is 2.25. The Bertz CT molecular complexity index is 683. The van der Waals surface area contributed by atoms with Gasteiger partial charge in [0.1, 0.15) is 0 Å². The molecule has 0 atom stereocenters. The summed E-state index contributed by atoms with van der Waals surface area (Å²) in [6, 6.07) is 6.93. The van der Waals surface area contributed by atoms with E-state index in [1.165, 1.54) is 10.9 Å². The third-order valence-electron chi connectivity index (χ3n) is 3.11. The fraction of sp³-hybridized carbons (Fsp3) is 0.214. The minimum absolute atomic E-state index is 0.102. The first-order chi connectivity index (χ1) is 9.42. The Morgan fingerprint density at radius 1 is 1.25 bits per heavy atom. The van der Waals surface area contributed by atoms with Crippen LogP contribution in [0.1, 0.15) is 5.69 Å². The lowest BCUT2D eigenvalue weighted by molar-refractivity contribution is 0.632. The molecule has 6 heteroatoms. The summed E-state index contributed by atoms with van der Waals surface area (Å²) in [4.78, 5) is 13.7. The van der Waals surface area contributed by atoms with Gasteiger partial charge in [-0.15, -0.1) is 0 Å². The lowest BCUT2D eigenvalue weighted by Gasteiger charge is -2.20. The van der Waals surface area contributed by atoms with Crippen LogP contribution >= 0.6 is 23.2 Å². The van der Waals surface area contributed by atoms with Gasteiger partial charge in [0.05, 0.1) is 12.2 Å². The summed E-state index contributed by atoms with van der Waals surface area (Å²) in [5.74, 6) is 0. The molecular formula is C14H15Cl2N3O. The van der Waals surface area contributed by atoms with E-state index in [9.17, 15) is 4.79 Å². The number of aromatic nitrogens is 2. The average molecular weight is 312 g/mol. The van der Waals surface area contributed by atoms with Crippen molar-refractivity contribution < 1.29 is 0 Å². The van der Waals surface area contributed by atoms with Crippen LogP contribution in [0.3, 0.4) is 0 Å². The molecule has 0 unspecified atom stereocenters. The van der Waals surface area contributed by atoms with Crippen molar-refractivity contribution in [2.24, 2.45) is 7.05 Å². The van der Waals surface area contributed by atoms with Crippen LogP contribution in [-0.4, -0.2) is 16.4 Å². The van der Waals surface area contributed by atoms with Crippen molar-refractivity contribution in [2.45, 2.75) is 6.54 Å². The van der Waals surface area contributed by atoms with Crippen LogP contribution in [0.25, 0.3) is 6.20 Å². The molecule has 4 nitrogen and oxygen atoms in total. The van der Waals surface area contributed by atoms with E-state index in [0.29, 0.717) is 16.6 Å². The number of rotatable bonds is 4. The van der Waals surface area contributed by atoms with Crippen LogP contribution in [-0.2, 0) is 13.6 Å². The predicted molar refractivity (Wildman–Crippen MR) is 84.6 cm³/mol. The number of hydrogen-bond donors (Lipinski definition) is 0. The van der Waals surface area contributed by atoms with E-state index in [0.717, 1.165) is 11.4 Å². The Balaban J connectivity index is 2.30. The second-order valence-electron chi connectivity index (χ2n) is 4.51. The lowest BCUT2D eigenvalue weighted by Crippen LogP contribution is -2.20. The number of halogens is 2. The lowest BCUT2D eigenvalue weighted by atomic mass is 10.3. The van der Waals surface area contributed by atoms with Gasteiger partial charge in [-0.25, -0.2) is 4.68 Å². The number of benzene rings is 1. The average Bonchev–Trinajstić information content (AvgIpc) is 2.62. The molecule has 1 heterocycles. The van der Waals surface area contributed by atoms with E-state index in [-0.39, 0.29) is 5.56 Å². The molecule has 2 aromatic rings. The van der Waals surface area contributed by atoms with Crippen molar-refractivity contribution in [3.8, 4) is 0 Å². The van der Waals surface area contributed by atoms with Gasteiger partial charge >= 0.3 is 0 Å². The molecule has 0 saturated carbocycles. The molecule has 0 spiro atoms. The molecule has 1 aromatic carbocycles. The first-order valence-electron chi connectivity index (χ1n) is 5.99. The van der Waals surface area contributed by atoms with Crippen LogP contribution in [0, 0.1) is 0 Å². The van der Waals surface area contributed by atoms with E-state index >= 15 is 0 Å². The van der Waals surface area contributed by atoms with Gasteiger partial charge in [-0.1, -0.05) is 29.8 Å². The van der Waals surface area contributed by atoms with Crippen molar-refractivity contribution in [1.29, 1.82) is 0 Å². The highest BCUT2D eigenvalue weighted by Gasteiger charge is 2.10. The van der Waals surface area contributed by atoms with Crippen molar-refractivity contribution >= 4 is 35.1 Å². The first-order valence-corrected chi connectivity index (χ1v) is 6.75. The quantitative estimate of drug-likeness (QED) is 0.867. The van der Waals surface area contributed by atoms with Gasteiger partial charge in [-0.05, 0) is 18.2 Å². The van der Waals surface area contributed by atoms with Gasteiger partial charge < -0.3 is 4.90 Å². The molecule has 0 aliphatic heterocycles. The van der Waals surface area contributed by atoms with Gasteiger partial charge in [-0.3, -0.25) is 9.48 Å². The van der Waals surface area contributed by atoms with Crippen LogP contribution < -0.4 is 10.5 Å². The maximum atomic E-state index is 11.7. The maximum absolute atomic E-state index is 11.7. The highest BCUT2D eigenvalue weighted by molar-refractivity contribution is 6.35. The van der Waals surface area contributed by atoms with Crippen molar-refractivity contribution in [2.75, 3.05) is 11.9 Å². The number of anilines is 1. The molecule has 0 saturated heterocycles. The topological polar surface area (TPSA) is 30.2 Å². The third kappa shape index (κ3) is 2.92. The summed E-state index contributed by atoms with van der Waals surface area (Å²) >= 11 is 12.0. The standard InChI is InChI=1S/C14H15Cl2N3O/c1-4-19-14(20)8-13(18(19)3)9-17(2)12-6-10(15)5-11(16)7-12/h4-8H,1,9H2,2-3H3. The van der Waals surface area contributed by atoms with Crippen LogP contribution in [0.4, 0.5) is 5.69 Å². The Labute approximate surface area is 127 Å².